The second kappa shape index (κ2) is 5.40. The maximum absolute atomic E-state index is 13.5. The number of halogens is 1. The van der Waals surface area contributed by atoms with E-state index in [1.807, 2.05) is 11.8 Å². The van der Waals surface area contributed by atoms with E-state index in [-0.39, 0.29) is 11.5 Å². The molecule has 1 unspecified atom stereocenters. The lowest BCUT2D eigenvalue weighted by Gasteiger charge is -2.10. The van der Waals surface area contributed by atoms with Gasteiger partial charge in [0.25, 0.3) is 5.91 Å². The molecule has 0 radical (unpaired) electrons. The van der Waals surface area contributed by atoms with Crippen molar-refractivity contribution in [3.05, 3.63) is 29.6 Å². The van der Waals surface area contributed by atoms with Gasteiger partial charge in [-0.2, -0.15) is 11.8 Å². The molecular weight excluding hydrogens is 239 g/mol. The van der Waals surface area contributed by atoms with E-state index in [2.05, 4.69) is 5.32 Å². The summed E-state index contributed by atoms with van der Waals surface area (Å²) in [6.45, 7) is 0.604. The molecule has 2 rings (SSSR count). The van der Waals surface area contributed by atoms with Crippen LogP contribution >= 0.6 is 11.8 Å². The molecule has 0 saturated carbocycles. The Morgan fingerprint density at radius 1 is 1.59 bits per heavy atom. The number of rotatable bonds is 3. The number of carbonyl (C=O) groups excluding carboxylic acids is 1. The first-order valence-corrected chi connectivity index (χ1v) is 6.66. The third-order valence-electron chi connectivity index (χ3n) is 2.75. The fourth-order valence-corrected chi connectivity index (χ4v) is 3.02. The Labute approximate surface area is 104 Å². The van der Waals surface area contributed by atoms with Crippen LogP contribution in [0, 0.1) is 5.82 Å². The van der Waals surface area contributed by atoms with Gasteiger partial charge in [0, 0.05) is 17.5 Å². The van der Waals surface area contributed by atoms with Crippen LogP contribution in [0.1, 0.15) is 23.2 Å². The average Bonchev–Trinajstić information content (AvgIpc) is 2.78. The Morgan fingerprint density at radius 3 is 3.06 bits per heavy atom. The SMILES string of the molecule is Nc1ccc(C(=O)NCC2CCCS2)c(F)c1. The van der Waals surface area contributed by atoms with E-state index >= 15 is 0 Å². The Kier molecular flexibility index (Phi) is 3.89. The molecule has 17 heavy (non-hydrogen) atoms. The van der Waals surface area contributed by atoms with Gasteiger partial charge in [-0.1, -0.05) is 0 Å². The molecule has 1 heterocycles. The Hall–Kier alpha value is -1.23. The minimum absolute atomic E-state index is 0.0576. The van der Waals surface area contributed by atoms with Crippen molar-refractivity contribution in [2.24, 2.45) is 0 Å². The molecule has 0 aliphatic carbocycles. The van der Waals surface area contributed by atoms with Crippen LogP contribution in [-0.2, 0) is 0 Å². The summed E-state index contributed by atoms with van der Waals surface area (Å²) in [6.07, 6.45) is 2.32. The van der Waals surface area contributed by atoms with Gasteiger partial charge in [0.15, 0.2) is 0 Å². The highest BCUT2D eigenvalue weighted by atomic mass is 32.2. The minimum atomic E-state index is -0.568. The van der Waals surface area contributed by atoms with Gasteiger partial charge < -0.3 is 11.1 Å². The number of thioether (sulfide) groups is 1. The average molecular weight is 254 g/mol. The number of benzene rings is 1. The number of nitrogens with one attached hydrogen (secondary N) is 1. The maximum Gasteiger partial charge on any atom is 0.254 e. The van der Waals surface area contributed by atoms with Gasteiger partial charge >= 0.3 is 0 Å². The zero-order valence-electron chi connectivity index (χ0n) is 9.41. The van der Waals surface area contributed by atoms with Crippen LogP contribution in [0.2, 0.25) is 0 Å². The highest BCUT2D eigenvalue weighted by molar-refractivity contribution is 8.00. The number of nitrogens with two attached hydrogens (primary N) is 1. The van der Waals surface area contributed by atoms with Crippen molar-refractivity contribution < 1.29 is 9.18 Å². The molecular formula is C12H15FN2OS. The smallest absolute Gasteiger partial charge is 0.254 e. The topological polar surface area (TPSA) is 55.1 Å². The second-order valence-corrected chi connectivity index (χ2v) is 5.49. The molecule has 1 fully saturated rings. The Bertz CT molecular complexity index is 419. The van der Waals surface area contributed by atoms with Crippen LogP contribution in [0.4, 0.5) is 10.1 Å². The van der Waals surface area contributed by atoms with Crippen molar-refractivity contribution in [2.75, 3.05) is 18.0 Å². The van der Waals surface area contributed by atoms with Crippen molar-refractivity contribution in [2.45, 2.75) is 18.1 Å². The molecule has 0 bridgehead atoms. The summed E-state index contributed by atoms with van der Waals surface area (Å²) in [4.78, 5) is 11.7. The Morgan fingerprint density at radius 2 is 2.41 bits per heavy atom. The molecule has 1 aliphatic heterocycles. The van der Waals surface area contributed by atoms with Gasteiger partial charge in [-0.05, 0) is 36.8 Å². The summed E-state index contributed by atoms with van der Waals surface area (Å²) in [5.41, 5.74) is 5.81. The van der Waals surface area contributed by atoms with Crippen LogP contribution < -0.4 is 11.1 Å². The van der Waals surface area contributed by atoms with Crippen LogP contribution in [-0.4, -0.2) is 23.5 Å². The molecule has 1 aromatic rings. The summed E-state index contributed by atoms with van der Waals surface area (Å²) >= 11 is 1.86. The lowest BCUT2D eigenvalue weighted by molar-refractivity contribution is 0.0949. The van der Waals surface area contributed by atoms with E-state index in [0.29, 0.717) is 17.5 Å². The fraction of sp³-hybridized carbons (Fsp3) is 0.417. The van der Waals surface area contributed by atoms with Gasteiger partial charge in [0.2, 0.25) is 0 Å². The van der Waals surface area contributed by atoms with Crippen LogP contribution in [0.5, 0.6) is 0 Å². The van der Waals surface area contributed by atoms with Crippen molar-refractivity contribution in [3.8, 4) is 0 Å². The summed E-state index contributed by atoms with van der Waals surface area (Å²) in [6, 6.07) is 4.11. The number of nitrogen functional groups attached to an aromatic ring is 1. The molecule has 1 aromatic carbocycles. The molecule has 0 aromatic heterocycles. The fourth-order valence-electron chi connectivity index (χ4n) is 1.82. The number of amides is 1. The van der Waals surface area contributed by atoms with Crippen LogP contribution in [0.3, 0.4) is 0 Å². The van der Waals surface area contributed by atoms with Gasteiger partial charge in [0.1, 0.15) is 5.82 Å². The van der Waals surface area contributed by atoms with Crippen molar-refractivity contribution in [1.29, 1.82) is 0 Å². The van der Waals surface area contributed by atoms with Gasteiger partial charge in [-0.3, -0.25) is 4.79 Å². The lowest BCUT2D eigenvalue weighted by Crippen LogP contribution is -2.30. The third kappa shape index (κ3) is 3.12. The molecule has 1 amide bonds. The van der Waals surface area contributed by atoms with E-state index in [1.54, 1.807) is 0 Å². The first kappa shape index (κ1) is 12.2. The van der Waals surface area contributed by atoms with E-state index in [0.717, 1.165) is 12.2 Å². The monoisotopic (exact) mass is 254 g/mol. The normalized spacial score (nSPS) is 19.2. The summed E-state index contributed by atoms with van der Waals surface area (Å²) in [5.74, 6) is 0.216. The van der Waals surface area contributed by atoms with Crippen molar-refractivity contribution in [1.82, 2.24) is 5.32 Å². The molecule has 1 atom stereocenters. The van der Waals surface area contributed by atoms with Crippen molar-refractivity contribution in [3.63, 3.8) is 0 Å². The van der Waals surface area contributed by atoms with Gasteiger partial charge in [-0.15, -0.1) is 0 Å². The van der Waals surface area contributed by atoms with E-state index in [4.69, 9.17) is 5.73 Å². The second-order valence-electron chi connectivity index (χ2n) is 4.08. The number of hydrogen-bond donors (Lipinski definition) is 2. The van der Waals surface area contributed by atoms with E-state index in [9.17, 15) is 9.18 Å². The highest BCUT2D eigenvalue weighted by Gasteiger charge is 2.18. The van der Waals surface area contributed by atoms with Gasteiger partial charge in [0.05, 0.1) is 5.56 Å². The molecule has 1 aliphatic rings. The summed E-state index contributed by atoms with van der Waals surface area (Å²) < 4.78 is 13.5. The molecule has 5 heteroatoms. The molecule has 3 N–H and O–H groups in total. The largest absolute Gasteiger partial charge is 0.399 e. The molecule has 3 nitrogen and oxygen atoms in total. The zero-order valence-corrected chi connectivity index (χ0v) is 10.2. The molecule has 0 spiro atoms. The zero-order chi connectivity index (χ0) is 12.3. The minimum Gasteiger partial charge on any atom is -0.399 e. The van der Waals surface area contributed by atoms with E-state index in [1.165, 1.54) is 24.6 Å². The van der Waals surface area contributed by atoms with Gasteiger partial charge in [-0.25, -0.2) is 4.39 Å². The number of carbonyl (C=O) groups is 1. The van der Waals surface area contributed by atoms with Crippen molar-refractivity contribution >= 4 is 23.4 Å². The molecule has 92 valence electrons. The predicted molar refractivity (Wildman–Crippen MR) is 68.6 cm³/mol. The summed E-state index contributed by atoms with van der Waals surface area (Å²) in [5, 5.41) is 3.23. The predicted octanol–water partition coefficient (Wildman–Crippen LogP) is 2.03. The van der Waals surface area contributed by atoms with Crippen LogP contribution in [0.25, 0.3) is 0 Å². The third-order valence-corrected chi connectivity index (χ3v) is 4.15. The standard InChI is InChI=1S/C12H15FN2OS/c13-11-6-8(14)3-4-10(11)12(16)15-7-9-2-1-5-17-9/h3-4,6,9H,1-2,5,7,14H2,(H,15,16). The summed E-state index contributed by atoms with van der Waals surface area (Å²) in [7, 11) is 0. The first-order chi connectivity index (χ1) is 8.16. The van der Waals surface area contributed by atoms with Crippen LogP contribution in [0.15, 0.2) is 18.2 Å². The highest BCUT2D eigenvalue weighted by Crippen LogP contribution is 2.25. The van der Waals surface area contributed by atoms with E-state index < -0.39 is 5.82 Å². The number of anilines is 1. The quantitative estimate of drug-likeness (QED) is 0.812. The number of hydrogen-bond acceptors (Lipinski definition) is 3. The first-order valence-electron chi connectivity index (χ1n) is 5.61. The lowest BCUT2D eigenvalue weighted by atomic mass is 10.1. The Balaban J connectivity index is 1.94. The molecule has 1 saturated heterocycles. The maximum atomic E-state index is 13.5.